The molecule has 0 amide bonds. The van der Waals surface area contributed by atoms with Gasteiger partial charge in [-0.2, -0.15) is 0 Å². The first-order valence-electron chi connectivity index (χ1n) is 7.82. The largest absolute Gasteiger partial charge is 0.496 e. The van der Waals surface area contributed by atoms with Crippen LogP contribution in [0.3, 0.4) is 0 Å². The van der Waals surface area contributed by atoms with Crippen molar-refractivity contribution in [2.45, 2.75) is 37.3 Å². The second-order valence-electron chi connectivity index (χ2n) is 6.27. The third kappa shape index (κ3) is 3.23. The summed E-state index contributed by atoms with van der Waals surface area (Å²) in [5, 5.41) is 0. The predicted molar refractivity (Wildman–Crippen MR) is 81.5 cm³/mol. The lowest BCUT2D eigenvalue weighted by Crippen LogP contribution is -2.46. The third-order valence-corrected chi connectivity index (χ3v) is 4.85. The van der Waals surface area contributed by atoms with Crippen LogP contribution in [0.25, 0.3) is 0 Å². The molecule has 1 spiro atoms. The Morgan fingerprint density at radius 3 is 3.00 bits per heavy atom. The molecule has 1 aromatic rings. The first-order valence-corrected chi connectivity index (χ1v) is 7.82. The molecule has 2 heterocycles. The maximum atomic E-state index is 6.50. The smallest absolute Gasteiger partial charge is 0.122 e. The van der Waals surface area contributed by atoms with Crippen LogP contribution in [-0.4, -0.2) is 38.6 Å². The van der Waals surface area contributed by atoms with Crippen molar-refractivity contribution in [2.75, 3.05) is 26.9 Å². The van der Waals surface area contributed by atoms with Crippen molar-refractivity contribution < 1.29 is 14.2 Å². The van der Waals surface area contributed by atoms with Crippen molar-refractivity contribution in [3.63, 3.8) is 0 Å². The molecule has 2 saturated heterocycles. The van der Waals surface area contributed by atoms with Gasteiger partial charge in [-0.3, -0.25) is 0 Å². The molecule has 3 unspecified atom stereocenters. The van der Waals surface area contributed by atoms with Gasteiger partial charge in [0.25, 0.3) is 0 Å². The Bertz CT molecular complexity index is 471. The van der Waals surface area contributed by atoms with Crippen LogP contribution in [0.15, 0.2) is 24.3 Å². The highest BCUT2D eigenvalue weighted by Crippen LogP contribution is 2.37. The Morgan fingerprint density at radius 1 is 1.38 bits per heavy atom. The minimum Gasteiger partial charge on any atom is -0.496 e. The molecule has 3 rings (SSSR count). The van der Waals surface area contributed by atoms with Crippen molar-refractivity contribution in [3.8, 4) is 5.75 Å². The Balaban J connectivity index is 1.66. The highest BCUT2D eigenvalue weighted by molar-refractivity contribution is 5.33. The Labute approximate surface area is 126 Å². The molecule has 4 nitrogen and oxygen atoms in total. The SMILES string of the molecule is COc1ccccc1CC(N)C1CCOC2(CCOC2)C1. The van der Waals surface area contributed by atoms with Crippen LogP contribution in [-0.2, 0) is 15.9 Å². The van der Waals surface area contributed by atoms with Crippen molar-refractivity contribution in [1.82, 2.24) is 0 Å². The first-order chi connectivity index (χ1) is 10.2. The van der Waals surface area contributed by atoms with Crippen LogP contribution in [0.1, 0.15) is 24.8 Å². The second-order valence-corrected chi connectivity index (χ2v) is 6.27. The molecular formula is C17H25NO3. The fourth-order valence-corrected chi connectivity index (χ4v) is 3.59. The van der Waals surface area contributed by atoms with Crippen molar-refractivity contribution in [3.05, 3.63) is 29.8 Å². The fraction of sp³-hybridized carbons (Fsp3) is 0.647. The standard InChI is InChI=1S/C17H25NO3/c1-19-16-5-3-2-4-13(16)10-15(18)14-6-8-21-17(11-14)7-9-20-12-17/h2-5,14-15H,6-12,18H2,1H3. The van der Waals surface area contributed by atoms with Gasteiger partial charge < -0.3 is 19.9 Å². The van der Waals surface area contributed by atoms with Gasteiger partial charge >= 0.3 is 0 Å². The molecule has 21 heavy (non-hydrogen) atoms. The van der Waals surface area contributed by atoms with E-state index < -0.39 is 0 Å². The average molecular weight is 291 g/mol. The van der Waals surface area contributed by atoms with E-state index in [0.717, 1.165) is 51.3 Å². The number of benzene rings is 1. The number of para-hydroxylation sites is 1. The molecule has 2 aliphatic heterocycles. The van der Waals surface area contributed by atoms with E-state index in [1.54, 1.807) is 7.11 Å². The zero-order valence-corrected chi connectivity index (χ0v) is 12.7. The topological polar surface area (TPSA) is 53.7 Å². The molecule has 0 aromatic heterocycles. The van der Waals surface area contributed by atoms with Gasteiger partial charge in [-0.1, -0.05) is 18.2 Å². The maximum absolute atomic E-state index is 6.50. The molecule has 0 saturated carbocycles. The maximum Gasteiger partial charge on any atom is 0.122 e. The number of hydrogen-bond donors (Lipinski definition) is 1. The van der Waals surface area contributed by atoms with E-state index in [-0.39, 0.29) is 11.6 Å². The quantitative estimate of drug-likeness (QED) is 0.923. The number of methoxy groups -OCH3 is 1. The molecule has 0 radical (unpaired) electrons. The van der Waals surface area contributed by atoms with Crippen LogP contribution in [0.5, 0.6) is 5.75 Å². The monoisotopic (exact) mass is 291 g/mol. The molecule has 2 fully saturated rings. The molecule has 4 heteroatoms. The van der Waals surface area contributed by atoms with Gasteiger partial charge in [0.2, 0.25) is 0 Å². The lowest BCUT2D eigenvalue weighted by molar-refractivity contribution is -0.101. The van der Waals surface area contributed by atoms with Crippen molar-refractivity contribution >= 4 is 0 Å². The Morgan fingerprint density at radius 2 is 2.24 bits per heavy atom. The summed E-state index contributed by atoms with van der Waals surface area (Å²) >= 11 is 0. The lowest BCUT2D eigenvalue weighted by Gasteiger charge is -2.39. The van der Waals surface area contributed by atoms with Gasteiger partial charge in [0.15, 0.2) is 0 Å². The summed E-state index contributed by atoms with van der Waals surface area (Å²) in [6.45, 7) is 2.34. The highest BCUT2D eigenvalue weighted by Gasteiger charge is 2.42. The first kappa shape index (κ1) is 14.8. The molecule has 1 aromatic carbocycles. The Hall–Kier alpha value is -1.10. The van der Waals surface area contributed by atoms with E-state index in [2.05, 4.69) is 6.07 Å². The number of ether oxygens (including phenoxy) is 3. The molecule has 3 atom stereocenters. The zero-order chi connectivity index (χ0) is 14.7. The van der Waals surface area contributed by atoms with Crippen LogP contribution in [0.4, 0.5) is 0 Å². The molecular weight excluding hydrogens is 266 g/mol. The predicted octanol–water partition coefficient (Wildman–Crippen LogP) is 2.15. The molecule has 2 N–H and O–H groups in total. The summed E-state index contributed by atoms with van der Waals surface area (Å²) in [5.74, 6) is 1.42. The van der Waals surface area contributed by atoms with Gasteiger partial charge in [-0.25, -0.2) is 0 Å². The average Bonchev–Trinajstić information content (AvgIpc) is 2.95. The Kier molecular flexibility index (Phi) is 4.48. The van der Waals surface area contributed by atoms with E-state index in [9.17, 15) is 0 Å². The molecule has 2 aliphatic rings. The summed E-state index contributed by atoms with van der Waals surface area (Å²) in [6.07, 6.45) is 3.91. The van der Waals surface area contributed by atoms with Crippen LogP contribution >= 0.6 is 0 Å². The van der Waals surface area contributed by atoms with E-state index in [0.29, 0.717) is 5.92 Å². The van der Waals surface area contributed by atoms with E-state index in [1.807, 2.05) is 18.2 Å². The van der Waals surface area contributed by atoms with Crippen LogP contribution < -0.4 is 10.5 Å². The molecule has 116 valence electrons. The van der Waals surface area contributed by atoms with Gasteiger partial charge in [-0.05, 0) is 36.8 Å². The molecule has 0 bridgehead atoms. The highest BCUT2D eigenvalue weighted by atomic mass is 16.6. The fourth-order valence-electron chi connectivity index (χ4n) is 3.59. The third-order valence-electron chi connectivity index (χ3n) is 4.85. The summed E-state index contributed by atoms with van der Waals surface area (Å²) in [6, 6.07) is 8.28. The minimum atomic E-state index is -0.0681. The summed E-state index contributed by atoms with van der Waals surface area (Å²) in [7, 11) is 1.71. The van der Waals surface area contributed by atoms with Gasteiger partial charge in [-0.15, -0.1) is 0 Å². The number of hydrogen-bond acceptors (Lipinski definition) is 4. The molecule has 0 aliphatic carbocycles. The summed E-state index contributed by atoms with van der Waals surface area (Å²) in [4.78, 5) is 0. The van der Waals surface area contributed by atoms with E-state index in [1.165, 1.54) is 5.56 Å². The van der Waals surface area contributed by atoms with Crippen molar-refractivity contribution in [2.24, 2.45) is 11.7 Å². The zero-order valence-electron chi connectivity index (χ0n) is 12.7. The van der Waals surface area contributed by atoms with Crippen molar-refractivity contribution in [1.29, 1.82) is 0 Å². The normalized spacial score (nSPS) is 30.5. The summed E-state index contributed by atoms with van der Waals surface area (Å²) in [5.41, 5.74) is 7.63. The number of rotatable bonds is 4. The lowest BCUT2D eigenvalue weighted by atomic mass is 9.79. The summed E-state index contributed by atoms with van der Waals surface area (Å²) < 4.78 is 17.0. The van der Waals surface area contributed by atoms with Gasteiger partial charge in [0.05, 0.1) is 19.3 Å². The second kappa shape index (κ2) is 6.34. The van der Waals surface area contributed by atoms with E-state index in [4.69, 9.17) is 19.9 Å². The number of nitrogens with two attached hydrogens (primary N) is 1. The van der Waals surface area contributed by atoms with Crippen LogP contribution in [0.2, 0.25) is 0 Å². The van der Waals surface area contributed by atoms with E-state index >= 15 is 0 Å². The van der Waals surface area contributed by atoms with Gasteiger partial charge in [0, 0.05) is 25.7 Å². The van der Waals surface area contributed by atoms with Crippen LogP contribution in [0, 0.1) is 5.92 Å². The minimum absolute atomic E-state index is 0.0681. The van der Waals surface area contributed by atoms with Gasteiger partial charge in [0.1, 0.15) is 5.75 Å².